The predicted molar refractivity (Wildman–Crippen MR) is 204 cm³/mol. The van der Waals surface area contributed by atoms with Crippen LogP contribution in [0.2, 0.25) is 0 Å². The highest BCUT2D eigenvalue weighted by Crippen LogP contribution is 2.51. The zero-order valence-electron chi connectivity index (χ0n) is 27.8. The SMILES string of the molecule is Nc1cc2oc(-c3ccc(N4c5ccccc5Oc5ccccc54)cc3)nc2cc1OCc1ccc(N2c3ccccc3Oc3ccccc32)cc1. The molecule has 0 bridgehead atoms. The van der Waals surface area contributed by atoms with E-state index in [2.05, 4.69) is 70.5 Å². The third kappa shape index (κ3) is 5.04. The number of hydrogen-bond donors (Lipinski definition) is 1. The molecule has 8 nitrogen and oxygen atoms in total. The fourth-order valence-corrected chi connectivity index (χ4v) is 6.84. The summed E-state index contributed by atoms with van der Waals surface area (Å²) in [7, 11) is 0. The molecule has 1 aromatic heterocycles. The second-order valence-corrected chi connectivity index (χ2v) is 12.6. The van der Waals surface area contributed by atoms with Crippen LogP contribution >= 0.6 is 0 Å². The van der Waals surface area contributed by atoms with E-state index in [-0.39, 0.29) is 0 Å². The molecule has 3 heterocycles. The van der Waals surface area contributed by atoms with Crippen LogP contribution in [0.5, 0.6) is 28.7 Å². The van der Waals surface area contributed by atoms with Gasteiger partial charge in [-0.15, -0.1) is 0 Å². The van der Waals surface area contributed by atoms with Gasteiger partial charge in [0.2, 0.25) is 5.89 Å². The van der Waals surface area contributed by atoms with E-state index in [9.17, 15) is 0 Å². The Balaban J connectivity index is 0.879. The van der Waals surface area contributed by atoms with Crippen LogP contribution in [0.3, 0.4) is 0 Å². The van der Waals surface area contributed by atoms with Gasteiger partial charge in [0.25, 0.3) is 0 Å². The third-order valence-electron chi connectivity index (χ3n) is 9.35. The molecule has 2 aliphatic heterocycles. The van der Waals surface area contributed by atoms with Gasteiger partial charge in [0, 0.05) is 29.1 Å². The van der Waals surface area contributed by atoms with Crippen molar-refractivity contribution in [3.8, 4) is 40.2 Å². The molecule has 0 atom stereocenters. The number of benzene rings is 7. The van der Waals surface area contributed by atoms with Crippen molar-refractivity contribution in [2.45, 2.75) is 6.61 Å². The van der Waals surface area contributed by atoms with Crippen LogP contribution in [0, 0.1) is 0 Å². The molecule has 250 valence electrons. The largest absolute Gasteiger partial charge is 0.487 e. The first-order valence-electron chi connectivity index (χ1n) is 17.0. The molecule has 8 aromatic rings. The molecule has 0 saturated carbocycles. The van der Waals surface area contributed by atoms with E-state index in [0.29, 0.717) is 35.0 Å². The number of hydrogen-bond acceptors (Lipinski definition) is 8. The molecule has 0 saturated heterocycles. The van der Waals surface area contributed by atoms with Gasteiger partial charge in [-0.25, -0.2) is 4.98 Å². The summed E-state index contributed by atoms with van der Waals surface area (Å²) < 4.78 is 24.7. The summed E-state index contributed by atoms with van der Waals surface area (Å²) in [6.07, 6.45) is 0. The second kappa shape index (κ2) is 12.0. The Hall–Kier alpha value is -7.19. The van der Waals surface area contributed by atoms with E-state index in [4.69, 9.17) is 29.3 Å². The number of nitrogens with two attached hydrogens (primary N) is 1. The van der Waals surface area contributed by atoms with Gasteiger partial charge in [-0.1, -0.05) is 60.7 Å². The summed E-state index contributed by atoms with van der Waals surface area (Å²) in [6.45, 7) is 0.340. The minimum atomic E-state index is 0.340. The number of para-hydroxylation sites is 8. The van der Waals surface area contributed by atoms with Gasteiger partial charge in [0.05, 0.1) is 28.4 Å². The lowest BCUT2D eigenvalue weighted by Crippen LogP contribution is -2.15. The molecule has 0 amide bonds. The van der Waals surface area contributed by atoms with E-state index in [1.54, 1.807) is 6.07 Å². The van der Waals surface area contributed by atoms with Crippen molar-refractivity contribution in [3.05, 3.63) is 163 Å². The number of fused-ring (bicyclic) bond motifs is 5. The Morgan fingerprint density at radius 1 is 0.538 bits per heavy atom. The minimum absolute atomic E-state index is 0.340. The van der Waals surface area contributed by atoms with Gasteiger partial charge in [0.15, 0.2) is 28.6 Å². The fourth-order valence-electron chi connectivity index (χ4n) is 6.84. The van der Waals surface area contributed by atoms with E-state index in [1.807, 2.05) is 91.0 Å². The minimum Gasteiger partial charge on any atom is -0.487 e. The van der Waals surface area contributed by atoms with Crippen LogP contribution < -0.4 is 29.7 Å². The Morgan fingerprint density at radius 2 is 1.00 bits per heavy atom. The van der Waals surface area contributed by atoms with Gasteiger partial charge in [0.1, 0.15) is 17.9 Å². The Morgan fingerprint density at radius 3 is 1.50 bits per heavy atom. The number of nitrogen functional groups attached to an aromatic ring is 1. The van der Waals surface area contributed by atoms with Gasteiger partial charge >= 0.3 is 0 Å². The first-order chi connectivity index (χ1) is 25.7. The molecule has 2 aliphatic rings. The van der Waals surface area contributed by atoms with Crippen molar-refractivity contribution in [1.29, 1.82) is 0 Å². The highest BCUT2D eigenvalue weighted by atomic mass is 16.5. The van der Waals surface area contributed by atoms with Crippen LogP contribution in [0.15, 0.2) is 162 Å². The molecular formula is C44H30N4O4. The lowest BCUT2D eigenvalue weighted by Gasteiger charge is -2.32. The van der Waals surface area contributed by atoms with Crippen molar-refractivity contribution in [3.63, 3.8) is 0 Å². The number of anilines is 7. The summed E-state index contributed by atoms with van der Waals surface area (Å²) in [4.78, 5) is 9.21. The molecule has 0 aliphatic carbocycles. The van der Waals surface area contributed by atoms with Gasteiger partial charge in [-0.2, -0.15) is 0 Å². The number of rotatable bonds is 6. The van der Waals surface area contributed by atoms with Crippen LogP contribution in [-0.2, 0) is 6.61 Å². The molecular weight excluding hydrogens is 649 g/mol. The maximum absolute atomic E-state index is 6.44. The Kier molecular flexibility index (Phi) is 6.85. The first-order valence-corrected chi connectivity index (χ1v) is 17.0. The maximum Gasteiger partial charge on any atom is 0.227 e. The van der Waals surface area contributed by atoms with E-state index < -0.39 is 0 Å². The van der Waals surface area contributed by atoms with Crippen molar-refractivity contribution < 1.29 is 18.6 Å². The molecule has 2 N–H and O–H groups in total. The Bertz CT molecular complexity index is 2530. The van der Waals surface area contributed by atoms with Gasteiger partial charge in [-0.3, -0.25) is 0 Å². The third-order valence-corrected chi connectivity index (χ3v) is 9.35. The zero-order valence-corrected chi connectivity index (χ0v) is 27.8. The second-order valence-electron chi connectivity index (χ2n) is 12.6. The Labute approximate surface area is 299 Å². The van der Waals surface area contributed by atoms with E-state index in [0.717, 1.165) is 68.2 Å². The number of nitrogens with zero attached hydrogens (tertiary/aromatic N) is 3. The molecule has 8 heteroatoms. The van der Waals surface area contributed by atoms with Gasteiger partial charge in [-0.05, 0) is 90.5 Å². The van der Waals surface area contributed by atoms with Crippen molar-refractivity contribution >= 4 is 50.9 Å². The van der Waals surface area contributed by atoms with Crippen molar-refractivity contribution in [2.24, 2.45) is 0 Å². The first kappa shape index (κ1) is 29.7. The normalized spacial score (nSPS) is 12.6. The van der Waals surface area contributed by atoms with Crippen LogP contribution in [-0.4, -0.2) is 4.98 Å². The van der Waals surface area contributed by atoms with E-state index in [1.165, 1.54) is 0 Å². The molecule has 0 spiro atoms. The summed E-state index contributed by atoms with van der Waals surface area (Å²) in [6, 6.07) is 52.3. The van der Waals surface area contributed by atoms with Crippen LogP contribution in [0.4, 0.5) is 39.8 Å². The number of ether oxygens (including phenoxy) is 3. The molecule has 7 aromatic carbocycles. The quantitative estimate of drug-likeness (QED) is 0.174. The average molecular weight is 679 g/mol. The molecule has 0 unspecified atom stereocenters. The standard InChI is InChI=1S/C44H30N4O4/c45-32-25-43-33(46-44(52-43)29-19-23-31(24-20-29)48-36-11-3-7-15-40(36)51-41-16-8-4-12-37(41)48)26-42(32)49-27-28-17-21-30(22-18-28)47-34-9-1-5-13-38(34)50-39-14-6-2-10-35(39)47/h1-26H,27,45H2. The highest BCUT2D eigenvalue weighted by molar-refractivity contribution is 5.88. The smallest absolute Gasteiger partial charge is 0.227 e. The summed E-state index contributed by atoms with van der Waals surface area (Å²) >= 11 is 0. The molecule has 0 fully saturated rings. The maximum atomic E-state index is 6.44. The van der Waals surface area contributed by atoms with E-state index >= 15 is 0 Å². The molecule has 0 radical (unpaired) electrons. The summed E-state index contributed by atoms with van der Waals surface area (Å²) in [5, 5.41) is 0. The van der Waals surface area contributed by atoms with Crippen LogP contribution in [0.25, 0.3) is 22.6 Å². The average Bonchev–Trinajstić information content (AvgIpc) is 3.61. The van der Waals surface area contributed by atoms with Crippen LogP contribution in [0.1, 0.15) is 5.56 Å². The lowest BCUT2D eigenvalue weighted by molar-refractivity contribution is 0.308. The summed E-state index contributed by atoms with van der Waals surface area (Å²) in [5.41, 5.74) is 16.0. The zero-order chi connectivity index (χ0) is 34.6. The highest BCUT2D eigenvalue weighted by Gasteiger charge is 2.26. The number of aromatic nitrogens is 1. The monoisotopic (exact) mass is 678 g/mol. The number of oxazole rings is 1. The molecule has 52 heavy (non-hydrogen) atoms. The lowest BCUT2D eigenvalue weighted by atomic mass is 10.1. The summed E-state index contributed by atoms with van der Waals surface area (Å²) in [5.74, 6) is 4.30. The van der Waals surface area contributed by atoms with Gasteiger partial charge < -0.3 is 34.2 Å². The van der Waals surface area contributed by atoms with Crippen molar-refractivity contribution in [1.82, 2.24) is 4.98 Å². The fraction of sp³-hybridized carbons (Fsp3) is 0.0227. The van der Waals surface area contributed by atoms with Crippen molar-refractivity contribution in [2.75, 3.05) is 15.5 Å². The predicted octanol–water partition coefficient (Wildman–Crippen LogP) is 11.8. The topological polar surface area (TPSA) is 86.2 Å². The molecule has 10 rings (SSSR count).